The van der Waals surface area contributed by atoms with E-state index in [2.05, 4.69) is 44.9 Å². The summed E-state index contributed by atoms with van der Waals surface area (Å²) in [5.74, 6) is 0.414. The van der Waals surface area contributed by atoms with Crippen molar-refractivity contribution in [3.8, 4) is 11.8 Å². The van der Waals surface area contributed by atoms with Crippen LogP contribution in [0.25, 0.3) is 0 Å². The van der Waals surface area contributed by atoms with Crippen molar-refractivity contribution in [2.24, 2.45) is 5.73 Å². The molecule has 1 aliphatic heterocycles. The molecule has 0 saturated carbocycles. The summed E-state index contributed by atoms with van der Waals surface area (Å²) in [5, 5.41) is 9.30. The molecular weight excluding hydrogens is 476 g/mol. The number of primary amides is 1. The smallest absolute Gasteiger partial charge is 0.250 e. The number of aryl methyl sites for hydroxylation is 2. The predicted octanol–water partition coefficient (Wildman–Crippen LogP) is 4.26. The molecule has 0 aliphatic carbocycles. The van der Waals surface area contributed by atoms with E-state index in [1.54, 1.807) is 19.4 Å². The van der Waals surface area contributed by atoms with Crippen LogP contribution >= 0.6 is 0 Å². The summed E-state index contributed by atoms with van der Waals surface area (Å²) in [6.45, 7) is 6.75. The highest BCUT2D eigenvalue weighted by molar-refractivity contribution is 5.95. The molecule has 1 aliphatic rings. The summed E-state index contributed by atoms with van der Waals surface area (Å²) < 4.78 is 5.36. The van der Waals surface area contributed by atoms with Gasteiger partial charge in [0.05, 0.1) is 30.6 Å². The van der Waals surface area contributed by atoms with Gasteiger partial charge in [-0.2, -0.15) is 5.26 Å². The number of nitriles is 1. The molecule has 0 spiro atoms. The van der Waals surface area contributed by atoms with Crippen LogP contribution in [0.1, 0.15) is 59.2 Å². The fourth-order valence-electron chi connectivity index (χ4n) is 5.32. The van der Waals surface area contributed by atoms with Gasteiger partial charge in [0.25, 0.3) is 5.91 Å². The molecule has 8 heteroatoms. The average molecular weight is 513 g/mol. The first kappa shape index (κ1) is 27.1. The minimum absolute atomic E-state index is 0.347. The van der Waals surface area contributed by atoms with Gasteiger partial charge in [-0.1, -0.05) is 6.07 Å². The van der Waals surface area contributed by atoms with Crippen molar-refractivity contribution in [2.75, 3.05) is 25.1 Å². The Balaban J connectivity index is 1.42. The van der Waals surface area contributed by atoms with Crippen LogP contribution in [0.5, 0.6) is 5.75 Å². The Morgan fingerprint density at radius 1 is 1.21 bits per heavy atom. The van der Waals surface area contributed by atoms with Crippen molar-refractivity contribution in [1.29, 1.82) is 5.26 Å². The first-order valence-electron chi connectivity index (χ1n) is 13.1. The molecule has 0 bridgehead atoms. The van der Waals surface area contributed by atoms with E-state index in [0.29, 0.717) is 29.9 Å². The van der Waals surface area contributed by atoms with Gasteiger partial charge in [0.1, 0.15) is 17.5 Å². The second-order valence-corrected chi connectivity index (χ2v) is 9.92. The Morgan fingerprint density at radius 2 is 1.95 bits per heavy atom. The number of hydrogen-bond acceptors (Lipinski definition) is 7. The van der Waals surface area contributed by atoms with E-state index in [-0.39, 0.29) is 0 Å². The molecular formula is C30H36N6O2. The summed E-state index contributed by atoms with van der Waals surface area (Å²) in [6.07, 6.45) is 5.42. The molecule has 1 fully saturated rings. The lowest BCUT2D eigenvalue weighted by Gasteiger charge is -2.41. The van der Waals surface area contributed by atoms with Crippen LogP contribution in [0, 0.1) is 18.3 Å². The van der Waals surface area contributed by atoms with Crippen molar-refractivity contribution < 1.29 is 9.53 Å². The van der Waals surface area contributed by atoms with Crippen LogP contribution in [0.3, 0.4) is 0 Å². The molecule has 0 radical (unpaired) electrons. The molecule has 2 N–H and O–H groups in total. The van der Waals surface area contributed by atoms with Gasteiger partial charge in [-0.25, -0.2) is 4.98 Å². The molecule has 0 unspecified atom stereocenters. The highest BCUT2D eigenvalue weighted by Crippen LogP contribution is 2.28. The number of rotatable bonds is 10. The number of ether oxygens (including phenoxy) is 1. The zero-order valence-electron chi connectivity index (χ0n) is 22.4. The van der Waals surface area contributed by atoms with Crippen molar-refractivity contribution in [1.82, 2.24) is 14.9 Å². The Morgan fingerprint density at radius 3 is 2.61 bits per heavy atom. The normalized spacial score (nSPS) is 15.0. The van der Waals surface area contributed by atoms with Crippen LogP contribution < -0.4 is 15.4 Å². The molecule has 4 rings (SSSR count). The standard InChI is InChI=1S/C30H36N6O2/c1-21-13-16-33-28(29(21)30(32)37)12-7-22(2)35-17-14-26(15-18-35)36(25-8-10-27(38-3)11-9-25)20-24-6-4-5-23(19-31)34-24/h4-6,8-11,13,16,22,26H,7,12,14-15,17-18,20H2,1-3H3,(H2,32,37)/t22-/m1/s1. The molecule has 198 valence electrons. The van der Waals surface area contributed by atoms with Gasteiger partial charge < -0.3 is 20.3 Å². The molecule has 3 heterocycles. The van der Waals surface area contributed by atoms with Gasteiger partial charge in [-0.3, -0.25) is 9.78 Å². The van der Waals surface area contributed by atoms with Gasteiger partial charge in [0.2, 0.25) is 0 Å². The van der Waals surface area contributed by atoms with Gasteiger partial charge in [0, 0.05) is 37.1 Å². The molecule has 2 aromatic heterocycles. The number of hydrogen-bond donors (Lipinski definition) is 1. The number of likely N-dealkylation sites (tertiary alicyclic amines) is 1. The number of nitrogens with zero attached hydrogens (tertiary/aromatic N) is 5. The van der Waals surface area contributed by atoms with E-state index < -0.39 is 5.91 Å². The van der Waals surface area contributed by atoms with Crippen LogP contribution in [-0.4, -0.2) is 53.1 Å². The third-order valence-electron chi connectivity index (χ3n) is 7.50. The average Bonchev–Trinajstić information content (AvgIpc) is 2.94. The lowest BCUT2D eigenvalue weighted by molar-refractivity contribution is 0.0998. The zero-order valence-corrected chi connectivity index (χ0v) is 22.4. The summed E-state index contributed by atoms with van der Waals surface area (Å²) in [4.78, 5) is 25.9. The van der Waals surface area contributed by atoms with E-state index >= 15 is 0 Å². The molecule has 1 amide bonds. The minimum atomic E-state index is -0.410. The monoisotopic (exact) mass is 512 g/mol. The first-order chi connectivity index (χ1) is 18.4. The summed E-state index contributed by atoms with van der Waals surface area (Å²) in [6, 6.07) is 18.4. The fourth-order valence-corrected chi connectivity index (χ4v) is 5.32. The number of carbonyl (C=O) groups is 1. The molecule has 1 aromatic carbocycles. The lowest BCUT2D eigenvalue weighted by atomic mass is 9.97. The van der Waals surface area contributed by atoms with Crippen LogP contribution in [0.15, 0.2) is 54.7 Å². The maximum absolute atomic E-state index is 11.9. The fraction of sp³-hybridized carbons (Fsp3) is 0.400. The largest absolute Gasteiger partial charge is 0.497 e. The van der Waals surface area contributed by atoms with Crippen molar-refractivity contribution in [2.45, 2.75) is 58.2 Å². The van der Waals surface area contributed by atoms with Crippen LogP contribution in [0.2, 0.25) is 0 Å². The van der Waals surface area contributed by atoms with E-state index in [9.17, 15) is 10.1 Å². The summed E-state index contributed by atoms with van der Waals surface area (Å²) >= 11 is 0. The molecule has 38 heavy (non-hydrogen) atoms. The van der Waals surface area contributed by atoms with Crippen LogP contribution in [-0.2, 0) is 13.0 Å². The van der Waals surface area contributed by atoms with E-state index in [1.165, 1.54) is 0 Å². The molecule has 8 nitrogen and oxygen atoms in total. The number of methoxy groups -OCH3 is 1. The summed E-state index contributed by atoms with van der Waals surface area (Å²) in [5.41, 5.74) is 10.3. The number of anilines is 1. The number of amides is 1. The van der Waals surface area contributed by atoms with Crippen molar-refractivity contribution in [3.05, 3.63) is 82.9 Å². The minimum Gasteiger partial charge on any atom is -0.497 e. The second kappa shape index (κ2) is 12.5. The Kier molecular flexibility index (Phi) is 8.93. The topological polar surface area (TPSA) is 108 Å². The van der Waals surface area contributed by atoms with Gasteiger partial charge >= 0.3 is 0 Å². The van der Waals surface area contributed by atoms with Crippen molar-refractivity contribution in [3.63, 3.8) is 0 Å². The maximum atomic E-state index is 11.9. The predicted molar refractivity (Wildman–Crippen MR) is 148 cm³/mol. The first-order valence-corrected chi connectivity index (χ1v) is 13.1. The SMILES string of the molecule is COc1ccc(N(Cc2cccc(C#N)n2)C2CCN([C@H](C)CCc3nccc(C)c3C(N)=O)CC2)cc1. The quantitative estimate of drug-likeness (QED) is 0.432. The highest BCUT2D eigenvalue weighted by atomic mass is 16.5. The number of aromatic nitrogens is 2. The van der Waals surface area contributed by atoms with Gasteiger partial charge in [-0.05, 0) is 87.6 Å². The van der Waals surface area contributed by atoms with E-state index in [4.69, 9.17) is 10.5 Å². The van der Waals surface area contributed by atoms with Crippen molar-refractivity contribution >= 4 is 11.6 Å². The number of benzene rings is 1. The molecule has 3 aromatic rings. The van der Waals surface area contributed by atoms with E-state index in [1.807, 2.05) is 37.3 Å². The maximum Gasteiger partial charge on any atom is 0.250 e. The van der Waals surface area contributed by atoms with Crippen LogP contribution in [0.4, 0.5) is 5.69 Å². The third-order valence-corrected chi connectivity index (χ3v) is 7.50. The Hall–Kier alpha value is -3.96. The number of pyridine rings is 2. The lowest BCUT2D eigenvalue weighted by Crippen LogP contribution is -2.47. The van der Waals surface area contributed by atoms with Gasteiger partial charge in [0.15, 0.2) is 0 Å². The zero-order chi connectivity index (χ0) is 27.1. The molecule has 1 saturated heterocycles. The number of carbonyl (C=O) groups excluding carboxylic acids is 1. The molecule has 1 atom stereocenters. The Bertz CT molecular complexity index is 1280. The second-order valence-electron chi connectivity index (χ2n) is 9.92. The van der Waals surface area contributed by atoms with Gasteiger partial charge in [-0.15, -0.1) is 0 Å². The number of piperidine rings is 1. The third kappa shape index (κ3) is 6.48. The summed E-state index contributed by atoms with van der Waals surface area (Å²) in [7, 11) is 1.67. The van der Waals surface area contributed by atoms with E-state index in [0.717, 1.165) is 67.2 Å². The highest BCUT2D eigenvalue weighted by Gasteiger charge is 2.28. The number of nitrogens with two attached hydrogens (primary N) is 1. The Labute approximate surface area is 225 Å².